The maximum Gasteiger partial charge on any atom is 0.419 e. The van der Waals surface area contributed by atoms with E-state index in [0.29, 0.717) is 36.5 Å². The third kappa shape index (κ3) is 4.33. The van der Waals surface area contributed by atoms with Crippen molar-refractivity contribution in [3.63, 3.8) is 0 Å². The predicted molar refractivity (Wildman–Crippen MR) is 111 cm³/mol. The fraction of sp³-hybridized carbons (Fsp3) is 0.300. The van der Waals surface area contributed by atoms with E-state index in [-0.39, 0.29) is 35.4 Å². The number of H-pyrrole nitrogens is 1. The van der Waals surface area contributed by atoms with Crippen LogP contribution in [0.25, 0.3) is 22.2 Å². The molecule has 12 heteroatoms. The fourth-order valence-electron chi connectivity index (χ4n) is 3.76. The van der Waals surface area contributed by atoms with E-state index >= 15 is 0 Å². The molecule has 1 fully saturated rings. The second-order valence-electron chi connectivity index (χ2n) is 7.40. The van der Waals surface area contributed by atoms with Crippen LogP contribution in [0.2, 0.25) is 0 Å². The molecule has 1 saturated heterocycles. The molecule has 168 valence electrons. The molecule has 3 aromatic rings. The van der Waals surface area contributed by atoms with E-state index in [1.165, 1.54) is 29.3 Å². The largest absolute Gasteiger partial charge is 0.465 e. The molecule has 1 atom stereocenters. The van der Waals surface area contributed by atoms with E-state index in [1.54, 1.807) is 0 Å². The Hall–Kier alpha value is -3.34. The lowest BCUT2D eigenvalue weighted by atomic mass is 10.0. The van der Waals surface area contributed by atoms with Crippen molar-refractivity contribution in [2.24, 2.45) is 0 Å². The van der Waals surface area contributed by atoms with Crippen molar-refractivity contribution in [3.05, 3.63) is 41.7 Å². The summed E-state index contributed by atoms with van der Waals surface area (Å²) in [6.07, 6.45) is -2.43. The number of piperidine rings is 1. The Morgan fingerprint density at radius 2 is 2.09 bits per heavy atom. The average Bonchev–Trinajstić information content (AvgIpc) is 3.16. The fourth-order valence-corrected chi connectivity index (χ4v) is 3.88. The Labute approximate surface area is 184 Å². The number of hydrogen-bond donors (Lipinski definition) is 3. The van der Waals surface area contributed by atoms with E-state index < -0.39 is 23.1 Å². The van der Waals surface area contributed by atoms with Crippen LogP contribution in [0.5, 0.6) is 0 Å². The van der Waals surface area contributed by atoms with Crippen molar-refractivity contribution in [2.75, 3.05) is 18.4 Å². The van der Waals surface area contributed by atoms with Crippen LogP contribution in [0.4, 0.5) is 23.9 Å². The number of carbonyl (C=O) groups excluding carboxylic acids is 1. The minimum Gasteiger partial charge on any atom is -0.465 e. The van der Waals surface area contributed by atoms with Gasteiger partial charge in [-0.2, -0.15) is 13.2 Å². The highest BCUT2D eigenvalue weighted by Crippen LogP contribution is 2.39. The molecule has 1 aromatic carbocycles. The zero-order valence-corrected chi connectivity index (χ0v) is 17.2. The lowest BCUT2D eigenvalue weighted by Crippen LogP contribution is -2.44. The lowest BCUT2D eigenvalue weighted by molar-refractivity contribution is -0.137. The molecule has 0 bridgehead atoms. The molecule has 1 aliphatic rings. The van der Waals surface area contributed by atoms with Gasteiger partial charge in [-0.15, -0.1) is 0 Å². The molecule has 0 radical (unpaired) electrons. The number of likely N-dealkylation sites (tertiary alicyclic amines) is 1. The van der Waals surface area contributed by atoms with Gasteiger partial charge in [0.1, 0.15) is 5.56 Å². The minimum absolute atomic E-state index is 0.0351. The summed E-state index contributed by atoms with van der Waals surface area (Å²) in [5.41, 5.74) is -0.539. The molecule has 32 heavy (non-hydrogen) atoms. The number of alkyl halides is 3. The van der Waals surface area contributed by atoms with Crippen molar-refractivity contribution in [1.29, 1.82) is 0 Å². The van der Waals surface area contributed by atoms with Crippen LogP contribution < -0.4 is 5.32 Å². The summed E-state index contributed by atoms with van der Waals surface area (Å²) in [4.78, 5) is 34.6. The van der Waals surface area contributed by atoms with E-state index in [9.17, 15) is 27.9 Å². The number of nitrogens with one attached hydrogen (secondary N) is 2. The normalized spacial score (nSPS) is 16.9. The van der Waals surface area contributed by atoms with Crippen LogP contribution in [-0.4, -0.2) is 55.4 Å². The number of carbonyl (C=O) groups is 2. The van der Waals surface area contributed by atoms with Gasteiger partial charge in [0.2, 0.25) is 5.95 Å². The van der Waals surface area contributed by atoms with E-state index in [4.69, 9.17) is 11.6 Å². The summed E-state index contributed by atoms with van der Waals surface area (Å²) in [6.45, 7) is 0.576. The monoisotopic (exact) mass is 467 g/mol. The van der Waals surface area contributed by atoms with E-state index in [1.807, 2.05) is 0 Å². The summed E-state index contributed by atoms with van der Waals surface area (Å²) in [5, 5.41) is 11.9. The van der Waals surface area contributed by atoms with Gasteiger partial charge in [0.25, 0.3) is 5.24 Å². The smallest absolute Gasteiger partial charge is 0.419 e. The van der Waals surface area contributed by atoms with Crippen molar-refractivity contribution < 1.29 is 27.9 Å². The molecule has 3 heterocycles. The summed E-state index contributed by atoms with van der Waals surface area (Å²) >= 11 is 5.49. The number of amides is 1. The summed E-state index contributed by atoms with van der Waals surface area (Å²) in [7, 11) is 0. The van der Waals surface area contributed by atoms with Crippen molar-refractivity contribution in [2.45, 2.75) is 25.1 Å². The molecule has 1 aliphatic heterocycles. The molecule has 0 unspecified atom stereocenters. The highest BCUT2D eigenvalue weighted by Gasteiger charge is 2.36. The van der Waals surface area contributed by atoms with Gasteiger partial charge in [-0.25, -0.2) is 14.8 Å². The van der Waals surface area contributed by atoms with Gasteiger partial charge in [-0.1, -0.05) is 6.07 Å². The van der Waals surface area contributed by atoms with Crippen LogP contribution in [0.15, 0.2) is 30.6 Å². The molecular formula is C20H17ClF3N5O3. The van der Waals surface area contributed by atoms with Crippen LogP contribution in [0.3, 0.4) is 0 Å². The minimum atomic E-state index is -4.70. The second kappa shape index (κ2) is 8.30. The molecule has 0 saturated carbocycles. The molecule has 0 aliphatic carbocycles. The van der Waals surface area contributed by atoms with Crippen molar-refractivity contribution >= 4 is 39.8 Å². The zero-order valence-electron chi connectivity index (χ0n) is 16.4. The summed E-state index contributed by atoms with van der Waals surface area (Å²) in [6, 6.07) is 4.04. The van der Waals surface area contributed by atoms with E-state index in [2.05, 4.69) is 20.3 Å². The molecule has 8 nitrogen and oxygen atoms in total. The zero-order chi connectivity index (χ0) is 23.0. The Balaban J connectivity index is 1.73. The van der Waals surface area contributed by atoms with Crippen LogP contribution in [0.1, 0.15) is 28.8 Å². The lowest BCUT2D eigenvalue weighted by Gasteiger charge is -2.31. The van der Waals surface area contributed by atoms with Gasteiger partial charge < -0.3 is 20.3 Å². The molecule has 2 aromatic heterocycles. The highest BCUT2D eigenvalue weighted by molar-refractivity contribution is 6.67. The SMILES string of the molecule is O=C(Cl)c1ccc2c(-c3nc(N[C@H]4CCCN(C(=O)O)C4)ncc3C(F)(F)F)c[nH]c2c1. The Morgan fingerprint density at radius 1 is 1.31 bits per heavy atom. The average molecular weight is 468 g/mol. The molecular weight excluding hydrogens is 451 g/mol. The number of nitrogens with zero attached hydrogens (tertiary/aromatic N) is 3. The first-order valence-corrected chi connectivity index (χ1v) is 10.0. The van der Waals surface area contributed by atoms with Gasteiger partial charge in [0, 0.05) is 53.6 Å². The van der Waals surface area contributed by atoms with Gasteiger partial charge in [-0.3, -0.25) is 4.79 Å². The number of halogens is 4. The first-order valence-electron chi connectivity index (χ1n) is 9.63. The van der Waals surface area contributed by atoms with E-state index in [0.717, 1.165) is 0 Å². The van der Waals surface area contributed by atoms with Crippen LogP contribution >= 0.6 is 11.6 Å². The van der Waals surface area contributed by atoms with Gasteiger partial charge in [0.05, 0.1) is 5.69 Å². The van der Waals surface area contributed by atoms with Crippen molar-refractivity contribution in [1.82, 2.24) is 19.9 Å². The molecule has 0 spiro atoms. The number of rotatable bonds is 4. The first kappa shape index (κ1) is 21.9. The van der Waals surface area contributed by atoms with Gasteiger partial charge in [-0.05, 0) is 36.6 Å². The number of aromatic amines is 1. The Bertz CT molecular complexity index is 1200. The topological polar surface area (TPSA) is 111 Å². The first-order chi connectivity index (χ1) is 15.1. The number of carboxylic acid groups (broad SMARTS) is 1. The molecule has 1 amide bonds. The van der Waals surface area contributed by atoms with Crippen LogP contribution in [0, 0.1) is 0 Å². The molecule has 3 N–H and O–H groups in total. The third-order valence-corrected chi connectivity index (χ3v) is 5.50. The quantitative estimate of drug-likeness (QED) is 0.484. The Kier molecular flexibility index (Phi) is 5.68. The number of aromatic nitrogens is 3. The maximum atomic E-state index is 13.7. The second-order valence-corrected chi connectivity index (χ2v) is 7.75. The van der Waals surface area contributed by atoms with Gasteiger partial charge in [0.15, 0.2) is 0 Å². The number of benzene rings is 1. The number of anilines is 1. The summed E-state index contributed by atoms with van der Waals surface area (Å²) < 4.78 is 41.1. The van der Waals surface area contributed by atoms with Crippen LogP contribution in [-0.2, 0) is 6.18 Å². The standard InChI is InChI=1S/C20H17ClF3N5O3/c21-17(30)10-3-4-12-13(7-25-15(12)6-10)16-14(20(22,23)24)8-26-18(28-16)27-11-2-1-5-29(9-11)19(31)32/h3-4,6-8,11,25H,1-2,5,9H2,(H,31,32)(H,26,27,28)/t11-/m0/s1. The molecule has 4 rings (SSSR count). The van der Waals surface area contributed by atoms with Gasteiger partial charge >= 0.3 is 12.3 Å². The predicted octanol–water partition coefficient (Wildman–Crippen LogP) is 4.58. The maximum absolute atomic E-state index is 13.7. The highest BCUT2D eigenvalue weighted by atomic mass is 35.5. The Morgan fingerprint density at radius 3 is 2.78 bits per heavy atom. The number of hydrogen-bond acceptors (Lipinski definition) is 5. The summed E-state index contributed by atoms with van der Waals surface area (Å²) in [5.74, 6) is -0.0351. The third-order valence-electron chi connectivity index (χ3n) is 5.28. The van der Waals surface area contributed by atoms with Crippen molar-refractivity contribution in [3.8, 4) is 11.3 Å². The number of fused-ring (bicyclic) bond motifs is 1.